The van der Waals surface area contributed by atoms with Crippen LogP contribution in [0.1, 0.15) is 51.9 Å². The third-order valence-electron chi connectivity index (χ3n) is 4.11. The van der Waals surface area contributed by atoms with Gasteiger partial charge in [-0.3, -0.25) is 4.79 Å². The van der Waals surface area contributed by atoms with Crippen LogP contribution in [0.3, 0.4) is 0 Å². The van der Waals surface area contributed by atoms with Gasteiger partial charge in [0.05, 0.1) is 0 Å². The lowest BCUT2D eigenvalue weighted by Gasteiger charge is -2.28. The molecule has 1 aliphatic rings. The predicted octanol–water partition coefficient (Wildman–Crippen LogP) is 4.07. The van der Waals surface area contributed by atoms with Crippen LogP contribution in [0.5, 0.6) is 0 Å². The van der Waals surface area contributed by atoms with Crippen molar-refractivity contribution in [3.8, 4) is 0 Å². The van der Waals surface area contributed by atoms with Crippen molar-refractivity contribution in [1.29, 1.82) is 0 Å². The number of nitrogens with zero attached hydrogens (tertiary/aromatic N) is 1. The maximum Gasteiger partial charge on any atom is 0.226 e. The van der Waals surface area contributed by atoms with Gasteiger partial charge >= 0.3 is 0 Å². The number of thiocarbonyl (C=S) groups is 1. The summed E-state index contributed by atoms with van der Waals surface area (Å²) in [5, 5.41) is 6.18. The first-order valence-corrected chi connectivity index (χ1v) is 9.05. The van der Waals surface area contributed by atoms with E-state index >= 15 is 0 Å². The van der Waals surface area contributed by atoms with E-state index in [2.05, 4.69) is 34.6 Å². The number of benzene rings is 1. The molecule has 1 fully saturated rings. The van der Waals surface area contributed by atoms with Gasteiger partial charge in [-0.15, -0.1) is 0 Å². The second-order valence-corrected chi connectivity index (χ2v) is 6.46. The van der Waals surface area contributed by atoms with Crippen LogP contribution in [0.4, 0.5) is 11.4 Å². The van der Waals surface area contributed by atoms with E-state index in [9.17, 15) is 4.79 Å². The Balaban J connectivity index is 1.78. The Kier molecular flexibility index (Phi) is 7.33. The van der Waals surface area contributed by atoms with Crippen molar-refractivity contribution in [3.63, 3.8) is 0 Å². The molecule has 126 valence electrons. The summed E-state index contributed by atoms with van der Waals surface area (Å²) in [6.07, 6.45) is 7.51. The summed E-state index contributed by atoms with van der Waals surface area (Å²) in [5.41, 5.74) is 2.16. The zero-order valence-electron chi connectivity index (χ0n) is 13.9. The average Bonchev–Trinajstić information content (AvgIpc) is 2.56. The van der Waals surface area contributed by atoms with Gasteiger partial charge in [-0.05, 0) is 62.2 Å². The van der Waals surface area contributed by atoms with Crippen molar-refractivity contribution in [2.75, 3.05) is 23.3 Å². The molecule has 1 aromatic carbocycles. The monoisotopic (exact) mass is 333 g/mol. The predicted molar refractivity (Wildman–Crippen MR) is 101 cm³/mol. The van der Waals surface area contributed by atoms with Gasteiger partial charge in [0.15, 0.2) is 5.11 Å². The Bertz CT molecular complexity index is 510. The molecule has 1 aromatic rings. The first-order chi connectivity index (χ1) is 11.2. The highest BCUT2D eigenvalue weighted by atomic mass is 32.1. The highest BCUT2D eigenvalue weighted by Crippen LogP contribution is 2.21. The van der Waals surface area contributed by atoms with Crippen molar-refractivity contribution in [3.05, 3.63) is 24.3 Å². The summed E-state index contributed by atoms with van der Waals surface area (Å²) < 4.78 is 0. The number of piperidine rings is 1. The molecule has 2 rings (SSSR count). The summed E-state index contributed by atoms with van der Waals surface area (Å²) in [4.78, 5) is 14.2. The molecule has 0 spiro atoms. The number of carbonyl (C=O) groups is 1. The molecule has 2 N–H and O–H groups in total. The number of hydrogen-bond donors (Lipinski definition) is 2. The summed E-state index contributed by atoms with van der Waals surface area (Å²) in [6.45, 7) is 4.40. The lowest BCUT2D eigenvalue weighted by molar-refractivity contribution is -0.119. The molecule has 0 radical (unpaired) electrons. The highest BCUT2D eigenvalue weighted by molar-refractivity contribution is 7.80. The molecule has 1 heterocycles. The molecule has 23 heavy (non-hydrogen) atoms. The maximum atomic E-state index is 11.7. The average molecular weight is 334 g/mol. The third-order valence-corrected chi connectivity index (χ3v) is 4.31. The van der Waals surface area contributed by atoms with Gasteiger partial charge in [0.2, 0.25) is 5.91 Å². The first-order valence-electron chi connectivity index (χ1n) is 8.65. The van der Waals surface area contributed by atoms with Crippen LogP contribution in [0.25, 0.3) is 0 Å². The first kappa shape index (κ1) is 17.7. The van der Waals surface area contributed by atoms with Gasteiger partial charge < -0.3 is 15.5 Å². The number of amides is 1. The Hall–Kier alpha value is -1.62. The van der Waals surface area contributed by atoms with Crippen molar-refractivity contribution >= 4 is 34.6 Å². The molecule has 0 saturated carbocycles. The van der Waals surface area contributed by atoms with Crippen LogP contribution in [-0.4, -0.2) is 24.1 Å². The SMILES string of the molecule is CCCCCC(=O)NC(=S)Nc1ccc(N2CCCCC2)cc1. The molecule has 1 aliphatic heterocycles. The largest absolute Gasteiger partial charge is 0.372 e. The second kappa shape index (κ2) is 9.50. The Morgan fingerprint density at radius 1 is 1.13 bits per heavy atom. The smallest absolute Gasteiger partial charge is 0.226 e. The summed E-state index contributed by atoms with van der Waals surface area (Å²) in [5.74, 6) is -0.0131. The second-order valence-electron chi connectivity index (χ2n) is 6.05. The molecule has 0 aromatic heterocycles. The van der Waals surface area contributed by atoms with Crippen molar-refractivity contribution in [2.45, 2.75) is 51.9 Å². The highest BCUT2D eigenvalue weighted by Gasteiger charge is 2.10. The molecular formula is C18H27N3OS. The lowest BCUT2D eigenvalue weighted by Crippen LogP contribution is -2.34. The minimum Gasteiger partial charge on any atom is -0.372 e. The van der Waals surface area contributed by atoms with Crippen molar-refractivity contribution in [1.82, 2.24) is 5.32 Å². The van der Waals surface area contributed by atoms with E-state index in [4.69, 9.17) is 12.2 Å². The zero-order chi connectivity index (χ0) is 16.5. The van der Waals surface area contributed by atoms with Crippen LogP contribution < -0.4 is 15.5 Å². The molecule has 0 bridgehead atoms. The fraction of sp³-hybridized carbons (Fsp3) is 0.556. The number of rotatable bonds is 6. The fourth-order valence-electron chi connectivity index (χ4n) is 2.79. The van der Waals surface area contributed by atoms with Crippen molar-refractivity contribution in [2.24, 2.45) is 0 Å². The molecule has 0 aliphatic carbocycles. The van der Waals surface area contributed by atoms with Gasteiger partial charge in [-0.1, -0.05) is 19.8 Å². The van der Waals surface area contributed by atoms with E-state index in [0.29, 0.717) is 11.5 Å². The molecular weight excluding hydrogens is 306 g/mol. The Morgan fingerprint density at radius 3 is 2.48 bits per heavy atom. The quantitative estimate of drug-likeness (QED) is 0.608. The number of carbonyl (C=O) groups excluding carboxylic acids is 1. The van der Waals surface area contributed by atoms with Crippen LogP contribution in [-0.2, 0) is 4.79 Å². The zero-order valence-corrected chi connectivity index (χ0v) is 14.8. The van der Waals surface area contributed by atoms with Gasteiger partial charge in [0.1, 0.15) is 0 Å². The van der Waals surface area contributed by atoms with Crippen LogP contribution >= 0.6 is 12.2 Å². The topological polar surface area (TPSA) is 44.4 Å². The standard InChI is InChI=1S/C18H27N3OS/c1-2-3-5-8-17(22)20-18(23)19-15-9-11-16(12-10-15)21-13-6-4-7-14-21/h9-12H,2-8,13-14H2,1H3,(H2,19,20,22,23). The molecule has 4 nitrogen and oxygen atoms in total. The summed E-state index contributed by atoms with van der Waals surface area (Å²) in [7, 11) is 0. The van der Waals surface area contributed by atoms with E-state index in [1.54, 1.807) is 0 Å². The van der Waals surface area contributed by atoms with E-state index in [-0.39, 0.29) is 5.91 Å². The molecule has 0 unspecified atom stereocenters. The van der Waals surface area contributed by atoms with Crippen LogP contribution in [0, 0.1) is 0 Å². The minimum absolute atomic E-state index is 0.0131. The third kappa shape index (κ3) is 6.18. The Labute approximate surface area is 144 Å². The van der Waals surface area contributed by atoms with Crippen LogP contribution in [0.2, 0.25) is 0 Å². The molecule has 0 atom stereocenters. The van der Waals surface area contributed by atoms with Gasteiger partial charge in [0, 0.05) is 30.9 Å². The molecule has 5 heteroatoms. The van der Waals surface area contributed by atoms with Gasteiger partial charge in [-0.25, -0.2) is 0 Å². The number of nitrogens with one attached hydrogen (secondary N) is 2. The van der Waals surface area contributed by atoms with E-state index in [1.807, 2.05) is 12.1 Å². The summed E-state index contributed by atoms with van der Waals surface area (Å²) >= 11 is 5.20. The van der Waals surface area contributed by atoms with Gasteiger partial charge in [0.25, 0.3) is 0 Å². The van der Waals surface area contributed by atoms with Crippen LogP contribution in [0.15, 0.2) is 24.3 Å². The van der Waals surface area contributed by atoms with E-state index in [1.165, 1.54) is 24.9 Å². The van der Waals surface area contributed by atoms with Crippen molar-refractivity contribution < 1.29 is 4.79 Å². The number of unbranched alkanes of at least 4 members (excludes halogenated alkanes) is 2. The van der Waals surface area contributed by atoms with E-state index < -0.39 is 0 Å². The normalized spacial score (nSPS) is 14.4. The van der Waals surface area contributed by atoms with Gasteiger partial charge in [-0.2, -0.15) is 0 Å². The summed E-state index contributed by atoms with van der Waals surface area (Å²) in [6, 6.07) is 8.25. The number of anilines is 2. The molecule has 1 saturated heterocycles. The lowest BCUT2D eigenvalue weighted by atomic mass is 10.1. The number of hydrogen-bond acceptors (Lipinski definition) is 3. The minimum atomic E-state index is -0.0131. The molecule has 1 amide bonds. The maximum absolute atomic E-state index is 11.7. The van der Waals surface area contributed by atoms with E-state index in [0.717, 1.165) is 38.0 Å². The Morgan fingerprint density at radius 2 is 1.83 bits per heavy atom. The fourth-order valence-corrected chi connectivity index (χ4v) is 3.03.